The van der Waals surface area contributed by atoms with Gasteiger partial charge in [0.25, 0.3) is 26.0 Å². The molecule has 1 aliphatic heterocycles. The molecule has 0 bridgehead atoms. The number of carbonyl (C=O) groups is 1. The first-order valence-corrected chi connectivity index (χ1v) is 11.1. The predicted octanol–water partition coefficient (Wildman–Crippen LogP) is 2.51. The Morgan fingerprint density at radius 2 is 1.40 bits per heavy atom. The Balaban J connectivity index is 1.65. The van der Waals surface area contributed by atoms with E-state index >= 15 is 0 Å². The van der Waals surface area contributed by atoms with Gasteiger partial charge in [0.1, 0.15) is 9.79 Å². The maximum Gasteiger partial charge on any atom is 0.279 e. The zero-order valence-corrected chi connectivity index (χ0v) is 16.4. The summed E-state index contributed by atoms with van der Waals surface area (Å²) in [5, 5.41) is 2.28. The fourth-order valence-electron chi connectivity index (χ4n) is 2.90. The molecule has 154 valence electrons. The maximum absolute atomic E-state index is 13.7. The van der Waals surface area contributed by atoms with Gasteiger partial charge in [-0.3, -0.25) is 4.79 Å². The van der Waals surface area contributed by atoms with Crippen LogP contribution in [-0.2, 0) is 20.0 Å². The number of aromatic nitrogens is 1. The van der Waals surface area contributed by atoms with Crippen molar-refractivity contribution in [2.75, 3.05) is 9.03 Å². The molecule has 3 aromatic rings. The van der Waals surface area contributed by atoms with Crippen LogP contribution in [0.1, 0.15) is 10.5 Å². The fraction of sp³-hybridized carbons (Fsp3) is 0. The quantitative estimate of drug-likeness (QED) is 0.612. The van der Waals surface area contributed by atoms with Crippen molar-refractivity contribution >= 4 is 37.3 Å². The number of hydrogen-bond acceptors (Lipinski definition) is 6. The monoisotopic (exact) mass is 451 g/mol. The molecule has 0 atom stereocenters. The molecule has 12 heteroatoms. The van der Waals surface area contributed by atoms with Crippen LogP contribution in [0.25, 0.3) is 0 Å². The summed E-state index contributed by atoms with van der Waals surface area (Å²) < 4.78 is 77.9. The first kappa shape index (κ1) is 19.9. The van der Waals surface area contributed by atoms with Crippen LogP contribution < -0.4 is 9.03 Å². The Morgan fingerprint density at radius 1 is 0.833 bits per heavy atom. The Kier molecular flexibility index (Phi) is 4.55. The van der Waals surface area contributed by atoms with Gasteiger partial charge >= 0.3 is 0 Å². The molecule has 1 amide bonds. The molecule has 30 heavy (non-hydrogen) atoms. The number of benzene rings is 2. The Labute approximate surface area is 169 Å². The second-order valence-electron chi connectivity index (χ2n) is 6.12. The van der Waals surface area contributed by atoms with Gasteiger partial charge in [0, 0.05) is 5.69 Å². The minimum Gasteiger partial charge on any atom is -0.321 e. The highest BCUT2D eigenvalue weighted by molar-refractivity contribution is 8.12. The number of hydrogen-bond donors (Lipinski definition) is 1. The number of halogens is 2. The molecule has 0 saturated heterocycles. The largest absolute Gasteiger partial charge is 0.321 e. The number of anilines is 2. The summed E-state index contributed by atoms with van der Waals surface area (Å²) in [6, 6.07) is 11.5. The molecular weight excluding hydrogens is 440 g/mol. The van der Waals surface area contributed by atoms with Crippen molar-refractivity contribution in [2.24, 2.45) is 0 Å². The average Bonchev–Trinajstić information content (AvgIpc) is 2.86. The Bertz CT molecular complexity index is 1340. The lowest BCUT2D eigenvalue weighted by molar-refractivity contribution is 0.101. The third-order valence-corrected chi connectivity index (χ3v) is 8.63. The standard InChI is InChI=1S/C18H11F2N3O5S2/c19-13-9-10-16(20)22-17(13)18(24)21-11-5-7-12(8-6-11)23-29(25,26)14-3-1-2-4-15(14)30(23,27)28/h1-10H,(H,21,24). The van der Waals surface area contributed by atoms with Crippen LogP contribution in [0, 0.1) is 11.8 Å². The van der Waals surface area contributed by atoms with E-state index in [9.17, 15) is 30.4 Å². The first-order chi connectivity index (χ1) is 14.1. The van der Waals surface area contributed by atoms with Crippen LogP contribution in [0.15, 0.2) is 70.5 Å². The number of carbonyl (C=O) groups excluding carboxylic acids is 1. The van der Waals surface area contributed by atoms with Crippen LogP contribution in [0.3, 0.4) is 0 Å². The lowest BCUT2D eigenvalue weighted by Crippen LogP contribution is -2.30. The van der Waals surface area contributed by atoms with Gasteiger partial charge in [-0.2, -0.15) is 24.9 Å². The Morgan fingerprint density at radius 3 is 1.97 bits per heavy atom. The first-order valence-electron chi connectivity index (χ1n) is 8.25. The highest BCUT2D eigenvalue weighted by atomic mass is 32.3. The topological polar surface area (TPSA) is 114 Å². The maximum atomic E-state index is 13.7. The molecule has 8 nitrogen and oxygen atoms in total. The van der Waals surface area contributed by atoms with E-state index in [0.717, 1.165) is 24.3 Å². The number of sulfonamides is 2. The summed E-state index contributed by atoms with van der Waals surface area (Å²) in [6.07, 6.45) is 0. The summed E-state index contributed by atoms with van der Waals surface area (Å²) in [5.74, 6) is -3.10. The van der Waals surface area contributed by atoms with E-state index in [1.807, 2.05) is 0 Å². The van der Waals surface area contributed by atoms with Crippen LogP contribution in [-0.4, -0.2) is 27.7 Å². The molecule has 1 N–H and O–H groups in total. The van der Waals surface area contributed by atoms with E-state index in [1.165, 1.54) is 36.4 Å². The fourth-order valence-corrected chi connectivity index (χ4v) is 7.34. The number of nitrogens with one attached hydrogen (secondary N) is 1. The van der Waals surface area contributed by atoms with Crippen molar-refractivity contribution in [1.29, 1.82) is 0 Å². The lowest BCUT2D eigenvalue weighted by atomic mass is 10.2. The summed E-state index contributed by atoms with van der Waals surface area (Å²) >= 11 is 0. The highest BCUT2D eigenvalue weighted by Gasteiger charge is 2.47. The second kappa shape index (κ2) is 6.85. The van der Waals surface area contributed by atoms with E-state index < -0.39 is 43.4 Å². The Hall–Kier alpha value is -3.38. The molecule has 4 rings (SSSR count). The van der Waals surface area contributed by atoms with Gasteiger partial charge in [-0.05, 0) is 48.5 Å². The van der Waals surface area contributed by atoms with Crippen LogP contribution in [0.5, 0.6) is 0 Å². The van der Waals surface area contributed by atoms with E-state index in [-0.39, 0.29) is 21.2 Å². The third-order valence-electron chi connectivity index (χ3n) is 4.20. The van der Waals surface area contributed by atoms with Crippen molar-refractivity contribution in [1.82, 2.24) is 4.98 Å². The van der Waals surface area contributed by atoms with Crippen molar-refractivity contribution in [2.45, 2.75) is 9.79 Å². The summed E-state index contributed by atoms with van der Waals surface area (Å²) in [5.41, 5.74) is -0.862. The minimum atomic E-state index is -4.34. The molecule has 2 aromatic carbocycles. The van der Waals surface area contributed by atoms with Crippen LogP contribution in [0.4, 0.5) is 20.2 Å². The number of fused-ring (bicyclic) bond motifs is 1. The number of rotatable bonds is 3. The summed E-state index contributed by atoms with van der Waals surface area (Å²) in [4.78, 5) is 14.6. The molecule has 0 unspecified atom stereocenters. The smallest absolute Gasteiger partial charge is 0.279 e. The predicted molar refractivity (Wildman–Crippen MR) is 102 cm³/mol. The zero-order chi connectivity index (χ0) is 21.7. The molecule has 0 spiro atoms. The normalized spacial score (nSPS) is 16.1. The van der Waals surface area contributed by atoms with Crippen molar-refractivity contribution < 1.29 is 30.4 Å². The van der Waals surface area contributed by atoms with E-state index in [1.54, 1.807) is 0 Å². The van der Waals surface area contributed by atoms with Crippen LogP contribution >= 0.6 is 0 Å². The number of pyridine rings is 1. The SMILES string of the molecule is O=C(Nc1ccc(N2S(=O)(=O)c3ccccc3S2(=O)=O)cc1)c1nc(F)ccc1F. The highest BCUT2D eigenvalue weighted by Crippen LogP contribution is 2.40. The zero-order valence-electron chi connectivity index (χ0n) is 14.8. The summed E-state index contributed by atoms with van der Waals surface area (Å²) in [6.45, 7) is 0. The molecule has 0 radical (unpaired) electrons. The van der Waals surface area contributed by atoms with E-state index in [4.69, 9.17) is 0 Å². The second-order valence-corrected chi connectivity index (χ2v) is 9.86. The molecule has 2 heterocycles. The van der Waals surface area contributed by atoms with Crippen molar-refractivity contribution in [3.63, 3.8) is 0 Å². The number of nitrogens with zero attached hydrogens (tertiary/aromatic N) is 2. The summed E-state index contributed by atoms with van der Waals surface area (Å²) in [7, 11) is -8.68. The minimum absolute atomic E-state index is 0.0840. The van der Waals surface area contributed by atoms with Crippen molar-refractivity contribution in [3.05, 3.63) is 78.1 Å². The van der Waals surface area contributed by atoms with E-state index in [0.29, 0.717) is 3.71 Å². The van der Waals surface area contributed by atoms with Gasteiger partial charge in [-0.25, -0.2) is 9.37 Å². The molecule has 1 aromatic heterocycles. The van der Waals surface area contributed by atoms with Gasteiger partial charge in [-0.1, -0.05) is 12.1 Å². The number of amides is 1. The lowest BCUT2D eigenvalue weighted by Gasteiger charge is -2.16. The molecule has 0 fully saturated rings. The van der Waals surface area contributed by atoms with Gasteiger partial charge < -0.3 is 5.32 Å². The van der Waals surface area contributed by atoms with Gasteiger partial charge in [0.05, 0.1) is 5.69 Å². The molecule has 0 aliphatic carbocycles. The van der Waals surface area contributed by atoms with Crippen molar-refractivity contribution in [3.8, 4) is 0 Å². The van der Waals surface area contributed by atoms with E-state index in [2.05, 4.69) is 10.3 Å². The molecule has 0 saturated carbocycles. The van der Waals surface area contributed by atoms with Gasteiger partial charge in [0.15, 0.2) is 11.5 Å². The van der Waals surface area contributed by atoms with Crippen LogP contribution in [0.2, 0.25) is 0 Å². The average molecular weight is 451 g/mol. The molecule has 1 aliphatic rings. The molecular formula is C18H11F2N3O5S2. The van der Waals surface area contributed by atoms with Gasteiger partial charge in [0.2, 0.25) is 5.95 Å². The van der Waals surface area contributed by atoms with Gasteiger partial charge in [-0.15, -0.1) is 0 Å². The third kappa shape index (κ3) is 3.09.